The van der Waals surface area contributed by atoms with Crippen molar-refractivity contribution in [1.82, 2.24) is 0 Å². The first-order valence-corrected chi connectivity index (χ1v) is 7.40. The van der Waals surface area contributed by atoms with Gasteiger partial charge < -0.3 is 14.6 Å². The van der Waals surface area contributed by atoms with Crippen molar-refractivity contribution in [2.45, 2.75) is 12.1 Å². The summed E-state index contributed by atoms with van der Waals surface area (Å²) in [7, 11) is 2.88. The summed E-state index contributed by atoms with van der Waals surface area (Å²) in [4.78, 5) is 25.1. The molecule has 124 valence electrons. The van der Waals surface area contributed by atoms with Crippen LogP contribution in [0.25, 0.3) is 0 Å². The van der Waals surface area contributed by atoms with Gasteiger partial charge in [0.2, 0.25) is 0 Å². The molecule has 3 rings (SSSR count). The number of ether oxygens (including phenoxy) is 2. The van der Waals surface area contributed by atoms with E-state index in [1.807, 2.05) is 0 Å². The quantitative estimate of drug-likeness (QED) is 0.686. The second-order valence-corrected chi connectivity index (χ2v) is 5.41. The van der Waals surface area contributed by atoms with E-state index in [0.717, 1.165) is 5.56 Å². The molecule has 2 aromatic rings. The number of aliphatic hydroxyl groups excluding tert-OH is 1. The first kappa shape index (κ1) is 16.0. The number of esters is 1. The average molecular weight is 327 g/mol. The standard InChI is InChI=1S/C18H17NO5/c1-23-14-9-7-13(8-10-14)19-15(16(20)17(19)21)11-3-5-12(6-4-11)18(22)24-2/h3-10,15-16,20H,1-2H3/t15-,16+/m1/s1. The van der Waals surface area contributed by atoms with Crippen LogP contribution in [0.5, 0.6) is 5.75 Å². The molecule has 6 heteroatoms. The molecule has 1 saturated heterocycles. The number of anilines is 1. The Balaban J connectivity index is 1.87. The molecule has 0 aromatic heterocycles. The number of hydrogen-bond acceptors (Lipinski definition) is 5. The first-order valence-electron chi connectivity index (χ1n) is 7.40. The third-order valence-corrected chi connectivity index (χ3v) is 4.09. The Kier molecular flexibility index (Phi) is 4.22. The smallest absolute Gasteiger partial charge is 0.337 e. The summed E-state index contributed by atoms with van der Waals surface area (Å²) in [6.07, 6.45) is -1.10. The van der Waals surface area contributed by atoms with Gasteiger partial charge in [0.15, 0.2) is 6.10 Å². The zero-order valence-electron chi connectivity index (χ0n) is 13.3. The van der Waals surface area contributed by atoms with Crippen LogP contribution in [0.4, 0.5) is 5.69 Å². The van der Waals surface area contributed by atoms with Crippen LogP contribution in [-0.4, -0.2) is 37.3 Å². The summed E-state index contributed by atoms with van der Waals surface area (Å²) in [6, 6.07) is 13.2. The second-order valence-electron chi connectivity index (χ2n) is 5.41. The molecule has 2 aromatic carbocycles. The molecule has 1 amide bonds. The van der Waals surface area contributed by atoms with E-state index in [1.165, 1.54) is 12.0 Å². The fourth-order valence-corrected chi connectivity index (χ4v) is 2.77. The molecule has 1 aliphatic heterocycles. The number of nitrogens with zero attached hydrogens (tertiary/aromatic N) is 1. The maximum absolute atomic E-state index is 12.1. The van der Waals surface area contributed by atoms with Gasteiger partial charge in [-0.05, 0) is 42.0 Å². The molecular weight excluding hydrogens is 310 g/mol. The van der Waals surface area contributed by atoms with Gasteiger partial charge in [0, 0.05) is 5.69 Å². The van der Waals surface area contributed by atoms with Gasteiger partial charge in [-0.2, -0.15) is 0 Å². The topological polar surface area (TPSA) is 76.1 Å². The molecular formula is C18H17NO5. The second kappa shape index (κ2) is 6.33. The zero-order valence-corrected chi connectivity index (χ0v) is 13.3. The van der Waals surface area contributed by atoms with Crippen LogP contribution in [0.3, 0.4) is 0 Å². The van der Waals surface area contributed by atoms with E-state index in [-0.39, 0.29) is 5.91 Å². The molecule has 1 N–H and O–H groups in total. The van der Waals surface area contributed by atoms with Crippen molar-refractivity contribution in [3.05, 3.63) is 59.7 Å². The number of carbonyl (C=O) groups excluding carboxylic acids is 2. The third kappa shape index (κ3) is 2.61. The maximum Gasteiger partial charge on any atom is 0.337 e. The number of hydrogen-bond donors (Lipinski definition) is 1. The van der Waals surface area contributed by atoms with E-state index in [2.05, 4.69) is 4.74 Å². The number of β-lactam (4-membered cyclic amide) rings is 1. The number of carbonyl (C=O) groups is 2. The summed E-state index contributed by atoms with van der Waals surface area (Å²) >= 11 is 0. The van der Waals surface area contributed by atoms with Crippen molar-refractivity contribution in [2.75, 3.05) is 19.1 Å². The normalized spacial score (nSPS) is 19.6. The van der Waals surface area contributed by atoms with Gasteiger partial charge in [-0.15, -0.1) is 0 Å². The van der Waals surface area contributed by atoms with E-state index in [9.17, 15) is 14.7 Å². The lowest BCUT2D eigenvalue weighted by atomic mass is 9.89. The van der Waals surface area contributed by atoms with Gasteiger partial charge in [0.25, 0.3) is 5.91 Å². The number of aliphatic hydroxyl groups is 1. The van der Waals surface area contributed by atoms with Crippen molar-refractivity contribution >= 4 is 17.6 Å². The Hall–Kier alpha value is -2.86. The summed E-state index contributed by atoms with van der Waals surface area (Å²) in [5.41, 5.74) is 1.83. The fourth-order valence-electron chi connectivity index (χ4n) is 2.77. The minimum Gasteiger partial charge on any atom is -0.497 e. The van der Waals surface area contributed by atoms with E-state index in [0.29, 0.717) is 17.0 Å². The summed E-state index contributed by atoms with van der Waals surface area (Å²) < 4.78 is 9.77. The minimum atomic E-state index is -1.10. The Morgan fingerprint density at radius 2 is 1.67 bits per heavy atom. The van der Waals surface area contributed by atoms with Gasteiger partial charge in [-0.3, -0.25) is 9.69 Å². The number of methoxy groups -OCH3 is 2. The average Bonchev–Trinajstić information content (AvgIpc) is 2.65. The largest absolute Gasteiger partial charge is 0.497 e. The monoisotopic (exact) mass is 327 g/mol. The fraction of sp³-hybridized carbons (Fsp3) is 0.222. The van der Waals surface area contributed by atoms with Gasteiger partial charge in [0.05, 0.1) is 25.8 Å². The van der Waals surface area contributed by atoms with Crippen molar-refractivity contribution in [1.29, 1.82) is 0 Å². The van der Waals surface area contributed by atoms with Crippen LogP contribution in [0.1, 0.15) is 22.0 Å². The molecule has 0 saturated carbocycles. The summed E-state index contributed by atoms with van der Waals surface area (Å²) in [5.74, 6) is -0.104. The van der Waals surface area contributed by atoms with Crippen LogP contribution >= 0.6 is 0 Å². The Morgan fingerprint density at radius 1 is 1.04 bits per heavy atom. The molecule has 1 fully saturated rings. The van der Waals surface area contributed by atoms with Crippen LogP contribution in [0, 0.1) is 0 Å². The van der Waals surface area contributed by atoms with E-state index >= 15 is 0 Å². The van der Waals surface area contributed by atoms with E-state index < -0.39 is 18.1 Å². The lowest BCUT2D eigenvalue weighted by Gasteiger charge is -2.44. The van der Waals surface area contributed by atoms with Crippen molar-refractivity contribution < 1.29 is 24.2 Å². The Bertz CT molecular complexity index is 754. The van der Waals surface area contributed by atoms with Gasteiger partial charge in [-0.25, -0.2) is 4.79 Å². The molecule has 1 aliphatic rings. The third-order valence-electron chi connectivity index (χ3n) is 4.09. The molecule has 2 atom stereocenters. The Morgan fingerprint density at radius 3 is 2.21 bits per heavy atom. The molecule has 1 heterocycles. The Labute approximate surface area is 139 Å². The van der Waals surface area contributed by atoms with Gasteiger partial charge in [-0.1, -0.05) is 12.1 Å². The number of benzene rings is 2. The van der Waals surface area contributed by atoms with Crippen molar-refractivity contribution in [3.63, 3.8) is 0 Å². The van der Waals surface area contributed by atoms with Crippen molar-refractivity contribution in [3.8, 4) is 5.75 Å². The van der Waals surface area contributed by atoms with Crippen LogP contribution in [0.2, 0.25) is 0 Å². The van der Waals surface area contributed by atoms with E-state index in [1.54, 1.807) is 55.6 Å². The lowest BCUT2D eigenvalue weighted by Crippen LogP contribution is -2.59. The highest BCUT2D eigenvalue weighted by atomic mass is 16.5. The molecule has 0 unspecified atom stereocenters. The number of amides is 1. The highest BCUT2D eigenvalue weighted by molar-refractivity contribution is 6.05. The summed E-state index contributed by atoms with van der Waals surface area (Å²) in [6.45, 7) is 0. The highest BCUT2D eigenvalue weighted by Gasteiger charge is 2.47. The van der Waals surface area contributed by atoms with Crippen LogP contribution in [0.15, 0.2) is 48.5 Å². The van der Waals surface area contributed by atoms with Gasteiger partial charge in [0.1, 0.15) is 5.75 Å². The van der Waals surface area contributed by atoms with Crippen LogP contribution < -0.4 is 9.64 Å². The molecule has 24 heavy (non-hydrogen) atoms. The molecule has 6 nitrogen and oxygen atoms in total. The number of rotatable bonds is 4. The molecule has 0 radical (unpaired) electrons. The maximum atomic E-state index is 12.1. The SMILES string of the molecule is COC(=O)c1ccc([C@@H]2[C@H](O)C(=O)N2c2ccc(OC)cc2)cc1. The van der Waals surface area contributed by atoms with Crippen molar-refractivity contribution in [2.24, 2.45) is 0 Å². The lowest BCUT2D eigenvalue weighted by molar-refractivity contribution is -0.137. The predicted octanol–water partition coefficient (Wildman–Crippen LogP) is 1.93. The molecule has 0 spiro atoms. The predicted molar refractivity (Wildman–Crippen MR) is 87.0 cm³/mol. The summed E-state index contributed by atoms with van der Waals surface area (Å²) in [5, 5.41) is 10.1. The highest BCUT2D eigenvalue weighted by Crippen LogP contribution is 2.39. The van der Waals surface area contributed by atoms with Gasteiger partial charge >= 0.3 is 5.97 Å². The van der Waals surface area contributed by atoms with E-state index in [4.69, 9.17) is 4.74 Å². The molecule has 0 bridgehead atoms. The minimum absolute atomic E-state index is 0.359. The molecule has 0 aliphatic carbocycles. The first-order chi connectivity index (χ1) is 11.6. The van der Waals surface area contributed by atoms with Crippen LogP contribution in [-0.2, 0) is 9.53 Å². The zero-order chi connectivity index (χ0) is 17.3.